The lowest BCUT2D eigenvalue weighted by molar-refractivity contribution is -0.384. The van der Waals surface area contributed by atoms with Crippen LogP contribution < -0.4 is 5.43 Å². The number of nitro groups is 1. The molecule has 0 aromatic heterocycles. The van der Waals surface area contributed by atoms with Crippen molar-refractivity contribution in [2.24, 2.45) is 5.10 Å². The summed E-state index contributed by atoms with van der Waals surface area (Å²) in [5.74, 6) is -0.304. The highest BCUT2D eigenvalue weighted by atomic mass is 16.6. The molecule has 2 rings (SSSR count). The van der Waals surface area contributed by atoms with Crippen LogP contribution in [0.5, 0.6) is 0 Å². The summed E-state index contributed by atoms with van der Waals surface area (Å²) in [6.07, 6.45) is 0. The summed E-state index contributed by atoms with van der Waals surface area (Å²) >= 11 is 0. The monoisotopic (exact) mass is 339 g/mol. The van der Waals surface area contributed by atoms with Crippen LogP contribution in [0, 0.1) is 10.1 Å². The van der Waals surface area contributed by atoms with Gasteiger partial charge in [0.25, 0.3) is 11.6 Å². The minimum Gasteiger partial charge on any atom is -0.267 e. The van der Waals surface area contributed by atoms with Gasteiger partial charge in [-0.05, 0) is 47.7 Å². The molecule has 0 fully saturated rings. The summed E-state index contributed by atoms with van der Waals surface area (Å²) in [6.45, 7) is 8.06. The normalized spacial score (nSPS) is 11.9. The van der Waals surface area contributed by atoms with Gasteiger partial charge in [0.15, 0.2) is 0 Å². The van der Waals surface area contributed by atoms with Crippen LogP contribution in [0.1, 0.15) is 49.2 Å². The lowest BCUT2D eigenvalue weighted by Crippen LogP contribution is -2.20. The van der Waals surface area contributed by atoms with E-state index in [4.69, 9.17) is 0 Å². The van der Waals surface area contributed by atoms with E-state index in [0.29, 0.717) is 16.8 Å². The Kier molecular flexibility index (Phi) is 5.32. The predicted octanol–water partition coefficient (Wildman–Crippen LogP) is 4.05. The van der Waals surface area contributed by atoms with Gasteiger partial charge in [-0.2, -0.15) is 5.10 Å². The van der Waals surface area contributed by atoms with Crippen molar-refractivity contribution in [2.45, 2.75) is 33.1 Å². The molecular weight excluding hydrogens is 318 g/mol. The second-order valence-electron chi connectivity index (χ2n) is 6.77. The van der Waals surface area contributed by atoms with Gasteiger partial charge in [0.1, 0.15) is 0 Å². The van der Waals surface area contributed by atoms with Gasteiger partial charge in [0.05, 0.1) is 10.6 Å². The fourth-order valence-electron chi connectivity index (χ4n) is 2.21. The van der Waals surface area contributed by atoms with E-state index in [-0.39, 0.29) is 17.0 Å². The van der Waals surface area contributed by atoms with Gasteiger partial charge in [-0.25, -0.2) is 5.43 Å². The van der Waals surface area contributed by atoms with E-state index in [1.165, 1.54) is 12.1 Å². The molecule has 1 N–H and O–H groups in total. The quantitative estimate of drug-likeness (QED) is 0.518. The number of non-ortho nitro benzene ring substituents is 1. The van der Waals surface area contributed by atoms with Gasteiger partial charge in [-0.1, -0.05) is 32.9 Å². The summed E-state index contributed by atoms with van der Waals surface area (Å²) in [5, 5.41) is 14.7. The fourth-order valence-corrected chi connectivity index (χ4v) is 2.21. The van der Waals surface area contributed by atoms with Crippen molar-refractivity contribution < 1.29 is 9.72 Å². The highest BCUT2D eigenvalue weighted by Gasteiger charge is 2.14. The molecule has 25 heavy (non-hydrogen) atoms. The first-order valence-corrected chi connectivity index (χ1v) is 7.88. The summed E-state index contributed by atoms with van der Waals surface area (Å²) in [5.41, 5.74) is 5.49. The number of benzene rings is 2. The molecular formula is C19H21N3O3. The summed E-state index contributed by atoms with van der Waals surface area (Å²) < 4.78 is 0. The first kappa shape index (κ1) is 18.3. The van der Waals surface area contributed by atoms with Gasteiger partial charge < -0.3 is 0 Å². The molecule has 0 atom stereocenters. The van der Waals surface area contributed by atoms with Crippen molar-refractivity contribution >= 4 is 17.3 Å². The molecule has 0 bridgehead atoms. The zero-order valence-corrected chi connectivity index (χ0v) is 14.7. The highest BCUT2D eigenvalue weighted by Crippen LogP contribution is 2.22. The average Bonchev–Trinajstić information content (AvgIpc) is 2.58. The third kappa shape index (κ3) is 4.73. The molecule has 6 nitrogen and oxygen atoms in total. The van der Waals surface area contributed by atoms with Crippen LogP contribution in [0.4, 0.5) is 5.69 Å². The number of hydrogen-bond donors (Lipinski definition) is 1. The molecule has 0 spiro atoms. The number of rotatable bonds is 4. The lowest BCUT2D eigenvalue weighted by Gasteiger charge is -2.18. The largest absolute Gasteiger partial charge is 0.271 e. The minimum atomic E-state index is -0.459. The Bertz CT molecular complexity index is 801. The second kappa shape index (κ2) is 7.25. The maximum atomic E-state index is 12.2. The van der Waals surface area contributed by atoms with Crippen molar-refractivity contribution in [1.82, 2.24) is 5.43 Å². The number of nitro benzene ring substituents is 1. The molecule has 0 heterocycles. The Labute approximate surface area is 146 Å². The van der Waals surface area contributed by atoms with Gasteiger partial charge in [0, 0.05) is 17.7 Å². The van der Waals surface area contributed by atoms with Gasteiger partial charge in [-0.15, -0.1) is 0 Å². The molecule has 0 saturated carbocycles. The third-order valence-corrected chi connectivity index (χ3v) is 3.83. The van der Waals surface area contributed by atoms with Gasteiger partial charge >= 0.3 is 0 Å². The third-order valence-electron chi connectivity index (χ3n) is 3.83. The average molecular weight is 339 g/mol. The molecule has 0 aliphatic heterocycles. The number of hydrazone groups is 1. The Hall–Kier alpha value is -3.02. The van der Waals surface area contributed by atoms with Crippen molar-refractivity contribution in [1.29, 1.82) is 0 Å². The molecule has 130 valence electrons. The number of hydrogen-bond acceptors (Lipinski definition) is 4. The van der Waals surface area contributed by atoms with E-state index in [1.54, 1.807) is 31.2 Å². The number of amides is 1. The molecule has 0 aliphatic carbocycles. The van der Waals surface area contributed by atoms with Gasteiger partial charge in [-0.3, -0.25) is 14.9 Å². The van der Waals surface area contributed by atoms with Crippen molar-refractivity contribution in [3.63, 3.8) is 0 Å². The van der Waals surface area contributed by atoms with E-state index in [0.717, 1.165) is 5.56 Å². The Morgan fingerprint density at radius 2 is 1.52 bits per heavy atom. The van der Waals surface area contributed by atoms with E-state index < -0.39 is 4.92 Å². The van der Waals surface area contributed by atoms with Gasteiger partial charge in [0.2, 0.25) is 0 Å². The van der Waals surface area contributed by atoms with Crippen LogP contribution in [-0.4, -0.2) is 16.5 Å². The summed E-state index contributed by atoms with van der Waals surface area (Å²) in [6, 6.07) is 13.4. The minimum absolute atomic E-state index is 0.0134. The maximum absolute atomic E-state index is 12.2. The molecule has 0 saturated heterocycles. The summed E-state index contributed by atoms with van der Waals surface area (Å²) in [4.78, 5) is 22.4. The van der Waals surface area contributed by atoms with Crippen LogP contribution in [0.3, 0.4) is 0 Å². The topological polar surface area (TPSA) is 84.6 Å². The van der Waals surface area contributed by atoms with E-state index in [1.807, 2.05) is 12.1 Å². The smallest absolute Gasteiger partial charge is 0.267 e. The van der Waals surface area contributed by atoms with Crippen molar-refractivity contribution in [3.05, 3.63) is 75.3 Å². The zero-order chi connectivity index (χ0) is 18.6. The zero-order valence-electron chi connectivity index (χ0n) is 14.7. The number of carbonyl (C=O) groups is 1. The highest BCUT2D eigenvalue weighted by molar-refractivity contribution is 6.01. The molecule has 0 aliphatic rings. The van der Waals surface area contributed by atoms with E-state index in [9.17, 15) is 14.9 Å². The molecule has 2 aromatic carbocycles. The van der Waals surface area contributed by atoms with Crippen molar-refractivity contribution in [2.75, 3.05) is 0 Å². The molecule has 6 heteroatoms. The fraction of sp³-hybridized carbons (Fsp3) is 0.263. The number of nitrogens with one attached hydrogen (secondary N) is 1. The van der Waals surface area contributed by atoms with Crippen LogP contribution in [0.15, 0.2) is 53.6 Å². The first-order valence-electron chi connectivity index (χ1n) is 7.88. The Morgan fingerprint density at radius 1 is 1.00 bits per heavy atom. The van der Waals surface area contributed by atoms with Crippen LogP contribution in [-0.2, 0) is 5.41 Å². The van der Waals surface area contributed by atoms with E-state index >= 15 is 0 Å². The Balaban J connectivity index is 2.07. The number of nitrogens with zero attached hydrogens (tertiary/aromatic N) is 2. The molecule has 2 aromatic rings. The van der Waals surface area contributed by atoms with Crippen LogP contribution in [0.25, 0.3) is 0 Å². The molecule has 0 radical (unpaired) electrons. The van der Waals surface area contributed by atoms with Crippen LogP contribution in [0.2, 0.25) is 0 Å². The standard InChI is InChI=1S/C19H21N3O3/c1-13(14-7-11-17(12-8-14)22(24)25)20-21-18(23)15-5-9-16(10-6-15)19(2,3)4/h5-12H,1-4H3,(H,21,23). The lowest BCUT2D eigenvalue weighted by atomic mass is 9.87. The number of carbonyl (C=O) groups excluding carboxylic acids is 1. The SMILES string of the molecule is CC(=NNC(=O)c1ccc(C(C)(C)C)cc1)c1ccc([N+](=O)[O-])cc1. The second-order valence-corrected chi connectivity index (χ2v) is 6.77. The first-order chi connectivity index (χ1) is 11.7. The van der Waals surface area contributed by atoms with Crippen LogP contribution >= 0.6 is 0 Å². The maximum Gasteiger partial charge on any atom is 0.271 e. The molecule has 1 amide bonds. The summed E-state index contributed by atoms with van der Waals surface area (Å²) in [7, 11) is 0. The predicted molar refractivity (Wildman–Crippen MR) is 97.9 cm³/mol. The van der Waals surface area contributed by atoms with E-state index in [2.05, 4.69) is 31.3 Å². The van der Waals surface area contributed by atoms with Crippen molar-refractivity contribution in [3.8, 4) is 0 Å². The Morgan fingerprint density at radius 3 is 2.00 bits per heavy atom. The molecule has 0 unspecified atom stereocenters.